The van der Waals surface area contributed by atoms with Crippen LogP contribution >= 0.6 is 0 Å². The fourth-order valence-corrected chi connectivity index (χ4v) is 2.00. The van der Waals surface area contributed by atoms with Gasteiger partial charge in [0.2, 0.25) is 0 Å². The molecule has 0 fully saturated rings. The normalized spacial score (nSPS) is 11.9. The predicted molar refractivity (Wildman–Crippen MR) is 83.3 cm³/mol. The fourth-order valence-electron chi connectivity index (χ4n) is 2.00. The summed E-state index contributed by atoms with van der Waals surface area (Å²) < 4.78 is 37.7. The van der Waals surface area contributed by atoms with Crippen molar-refractivity contribution in [2.24, 2.45) is 0 Å². The summed E-state index contributed by atoms with van der Waals surface area (Å²) in [6.45, 7) is 0. The van der Waals surface area contributed by atoms with Crippen LogP contribution in [-0.4, -0.2) is 22.1 Å². The van der Waals surface area contributed by atoms with Crippen molar-refractivity contribution in [3.8, 4) is 5.75 Å². The van der Waals surface area contributed by atoms with Crippen LogP contribution in [0.5, 0.6) is 5.75 Å². The Morgan fingerprint density at radius 3 is 2.32 bits per heavy atom. The molecule has 2 aromatic rings. The SMILES string of the molecule is O=C(N/C(=C/c1ccccc1O)c1ccccc1[N+](=O)[O-])C(F)(F)F. The molecule has 1 amide bonds. The number of aromatic hydroxyl groups is 1. The molecule has 0 saturated heterocycles. The Morgan fingerprint density at radius 2 is 1.72 bits per heavy atom. The summed E-state index contributed by atoms with van der Waals surface area (Å²) in [6.07, 6.45) is -4.15. The standard InChI is InChI=1S/C16H11F3N2O4/c17-16(18,19)15(23)20-12(9-10-5-1-4-8-14(10)22)11-6-2-3-7-13(11)21(24)25/h1-9,22H,(H,20,23)/b12-9+. The molecule has 0 aliphatic heterocycles. The van der Waals surface area contributed by atoms with Gasteiger partial charge < -0.3 is 10.4 Å². The van der Waals surface area contributed by atoms with Crippen molar-refractivity contribution < 1.29 is 28.0 Å². The highest BCUT2D eigenvalue weighted by molar-refractivity contribution is 5.96. The van der Waals surface area contributed by atoms with Gasteiger partial charge in [-0.05, 0) is 18.2 Å². The van der Waals surface area contributed by atoms with E-state index in [9.17, 15) is 33.2 Å². The number of para-hydroxylation sites is 2. The summed E-state index contributed by atoms with van der Waals surface area (Å²) >= 11 is 0. The van der Waals surface area contributed by atoms with Crippen LogP contribution in [0.3, 0.4) is 0 Å². The molecule has 9 heteroatoms. The maximum absolute atomic E-state index is 12.6. The molecule has 6 nitrogen and oxygen atoms in total. The quantitative estimate of drug-likeness (QED) is 0.501. The molecule has 0 aliphatic rings. The average Bonchev–Trinajstić information content (AvgIpc) is 2.55. The van der Waals surface area contributed by atoms with Crippen molar-refractivity contribution in [1.82, 2.24) is 5.32 Å². The summed E-state index contributed by atoms with van der Waals surface area (Å²) in [4.78, 5) is 21.6. The van der Waals surface area contributed by atoms with Crippen LogP contribution < -0.4 is 5.32 Å². The maximum atomic E-state index is 12.6. The minimum Gasteiger partial charge on any atom is -0.507 e. The molecule has 0 atom stereocenters. The Labute approximate surface area is 139 Å². The molecule has 0 saturated carbocycles. The van der Waals surface area contributed by atoms with E-state index in [0.717, 1.165) is 12.1 Å². The third kappa shape index (κ3) is 4.34. The van der Waals surface area contributed by atoms with E-state index in [4.69, 9.17) is 0 Å². The Morgan fingerprint density at radius 1 is 1.12 bits per heavy atom. The number of phenols is 1. The maximum Gasteiger partial charge on any atom is 0.471 e. The van der Waals surface area contributed by atoms with Crippen LogP contribution in [0.4, 0.5) is 18.9 Å². The summed E-state index contributed by atoms with van der Waals surface area (Å²) in [5.41, 5.74) is -1.10. The van der Waals surface area contributed by atoms with E-state index in [1.165, 1.54) is 42.5 Å². The Kier molecular flexibility index (Phi) is 5.06. The van der Waals surface area contributed by atoms with E-state index in [1.807, 2.05) is 0 Å². The number of nitrogens with zero attached hydrogens (tertiary/aromatic N) is 1. The largest absolute Gasteiger partial charge is 0.507 e. The number of carbonyl (C=O) groups excluding carboxylic acids is 1. The third-order valence-electron chi connectivity index (χ3n) is 3.13. The molecule has 2 N–H and O–H groups in total. The minimum atomic E-state index is -5.18. The Balaban J connectivity index is 2.60. The van der Waals surface area contributed by atoms with Crippen LogP contribution in [-0.2, 0) is 4.79 Å². The zero-order valence-electron chi connectivity index (χ0n) is 12.4. The fraction of sp³-hybridized carbons (Fsp3) is 0.0625. The molecular formula is C16H11F3N2O4. The highest BCUT2D eigenvalue weighted by Crippen LogP contribution is 2.29. The number of carbonyl (C=O) groups is 1. The third-order valence-corrected chi connectivity index (χ3v) is 3.13. The van der Waals surface area contributed by atoms with Crippen molar-refractivity contribution in [2.75, 3.05) is 0 Å². The van der Waals surface area contributed by atoms with Gasteiger partial charge in [0.1, 0.15) is 5.75 Å². The first-order valence-electron chi connectivity index (χ1n) is 6.82. The first-order valence-corrected chi connectivity index (χ1v) is 6.82. The van der Waals surface area contributed by atoms with Crippen LogP contribution in [0.15, 0.2) is 48.5 Å². The molecule has 0 bridgehead atoms. The lowest BCUT2D eigenvalue weighted by molar-refractivity contribution is -0.385. The smallest absolute Gasteiger partial charge is 0.471 e. The minimum absolute atomic E-state index is 0.0816. The predicted octanol–water partition coefficient (Wildman–Crippen LogP) is 3.48. The summed E-state index contributed by atoms with van der Waals surface area (Å²) in [7, 11) is 0. The second kappa shape index (κ2) is 7.04. The molecule has 2 aromatic carbocycles. The number of amides is 1. The number of nitro benzene ring substituents is 1. The van der Waals surface area contributed by atoms with E-state index in [0.29, 0.717) is 0 Å². The van der Waals surface area contributed by atoms with E-state index in [2.05, 4.69) is 0 Å². The molecule has 0 unspecified atom stereocenters. The molecule has 25 heavy (non-hydrogen) atoms. The van der Waals surface area contributed by atoms with Crippen molar-refractivity contribution in [3.63, 3.8) is 0 Å². The number of benzene rings is 2. The summed E-state index contributed by atoms with van der Waals surface area (Å²) in [5, 5.41) is 22.5. The number of rotatable bonds is 4. The number of hydrogen-bond acceptors (Lipinski definition) is 4. The summed E-state index contributed by atoms with van der Waals surface area (Å²) in [6, 6.07) is 10.7. The van der Waals surface area contributed by atoms with Gasteiger partial charge in [-0.25, -0.2) is 0 Å². The number of alkyl halides is 3. The monoisotopic (exact) mass is 352 g/mol. The lowest BCUT2D eigenvalue weighted by atomic mass is 10.1. The molecule has 0 heterocycles. The van der Waals surface area contributed by atoms with Crippen molar-refractivity contribution >= 4 is 23.4 Å². The van der Waals surface area contributed by atoms with E-state index >= 15 is 0 Å². The summed E-state index contributed by atoms with van der Waals surface area (Å²) in [5.74, 6) is -2.55. The van der Waals surface area contributed by atoms with E-state index in [-0.39, 0.29) is 16.9 Å². The van der Waals surface area contributed by atoms with Gasteiger partial charge >= 0.3 is 12.1 Å². The zero-order chi connectivity index (χ0) is 18.6. The molecule has 0 radical (unpaired) electrons. The van der Waals surface area contributed by atoms with Gasteiger partial charge in [0.25, 0.3) is 5.69 Å². The molecule has 130 valence electrons. The number of nitro groups is 1. The van der Waals surface area contributed by atoms with Gasteiger partial charge in [-0.15, -0.1) is 0 Å². The van der Waals surface area contributed by atoms with Crippen molar-refractivity contribution in [1.29, 1.82) is 0 Å². The van der Waals surface area contributed by atoms with Gasteiger partial charge in [0, 0.05) is 11.6 Å². The van der Waals surface area contributed by atoms with Crippen LogP contribution in [0.25, 0.3) is 11.8 Å². The Hall–Kier alpha value is -3.36. The Bertz CT molecular complexity index is 847. The van der Waals surface area contributed by atoms with Crippen LogP contribution in [0, 0.1) is 10.1 Å². The first-order chi connectivity index (χ1) is 11.7. The van der Waals surface area contributed by atoms with Gasteiger partial charge in [0.05, 0.1) is 16.2 Å². The molecular weight excluding hydrogens is 341 g/mol. The van der Waals surface area contributed by atoms with Gasteiger partial charge in [-0.1, -0.05) is 30.3 Å². The lowest BCUT2D eigenvalue weighted by Crippen LogP contribution is -2.35. The van der Waals surface area contributed by atoms with Crippen molar-refractivity contribution in [3.05, 3.63) is 69.8 Å². The van der Waals surface area contributed by atoms with Gasteiger partial charge in [-0.2, -0.15) is 13.2 Å². The molecule has 0 aromatic heterocycles. The molecule has 0 spiro atoms. The number of nitrogens with one attached hydrogen (secondary N) is 1. The highest BCUT2D eigenvalue weighted by Gasteiger charge is 2.39. The topological polar surface area (TPSA) is 92.5 Å². The number of halogens is 3. The molecule has 0 aliphatic carbocycles. The zero-order valence-corrected chi connectivity index (χ0v) is 12.4. The first kappa shape index (κ1) is 18.0. The van der Waals surface area contributed by atoms with Gasteiger partial charge in [-0.3, -0.25) is 14.9 Å². The van der Waals surface area contributed by atoms with Crippen LogP contribution in [0.2, 0.25) is 0 Å². The molecule has 2 rings (SSSR count). The number of phenolic OH excluding ortho intramolecular Hbond substituents is 1. The van der Waals surface area contributed by atoms with Gasteiger partial charge in [0.15, 0.2) is 0 Å². The lowest BCUT2D eigenvalue weighted by Gasteiger charge is -2.13. The second-order valence-corrected chi connectivity index (χ2v) is 4.84. The van der Waals surface area contributed by atoms with Crippen molar-refractivity contribution in [2.45, 2.75) is 6.18 Å². The average molecular weight is 352 g/mol. The second-order valence-electron chi connectivity index (χ2n) is 4.84. The highest BCUT2D eigenvalue weighted by atomic mass is 19.4. The van der Waals surface area contributed by atoms with E-state index in [1.54, 1.807) is 5.32 Å². The van der Waals surface area contributed by atoms with Crippen LogP contribution in [0.1, 0.15) is 11.1 Å². The van der Waals surface area contributed by atoms with E-state index < -0.39 is 28.4 Å². The number of hydrogen-bond donors (Lipinski definition) is 2.